The highest BCUT2D eigenvalue weighted by Crippen LogP contribution is 2.14. The number of carboxylic acids is 1. The molecular formula is C35H56N8O8. The number of rotatable bonds is 17. The van der Waals surface area contributed by atoms with Gasteiger partial charge in [-0.2, -0.15) is 0 Å². The van der Waals surface area contributed by atoms with E-state index in [4.69, 9.17) is 17.2 Å². The molecule has 5 amide bonds. The molecule has 0 radical (unpaired) electrons. The fourth-order valence-corrected chi connectivity index (χ4v) is 5.56. The van der Waals surface area contributed by atoms with E-state index in [1.807, 2.05) is 13.8 Å². The number of nitrogens with zero attached hydrogens (tertiary/aromatic N) is 1. The summed E-state index contributed by atoms with van der Waals surface area (Å²) >= 11 is 0. The Bertz CT molecular complexity index is 1340. The van der Waals surface area contributed by atoms with Gasteiger partial charge in [0.05, 0.1) is 6.04 Å². The molecule has 16 nitrogen and oxygen atoms in total. The Hall–Kier alpha value is -4.54. The molecule has 0 bridgehead atoms. The number of amides is 5. The van der Waals surface area contributed by atoms with E-state index in [0.29, 0.717) is 44.3 Å². The Morgan fingerprint density at radius 3 is 1.96 bits per heavy atom. The third-order valence-electron chi connectivity index (χ3n) is 8.27. The molecule has 1 aromatic carbocycles. The predicted octanol–water partition coefficient (Wildman–Crippen LogP) is -0.622. The maximum absolute atomic E-state index is 14.0. The van der Waals surface area contributed by atoms with Crippen molar-refractivity contribution in [1.82, 2.24) is 26.2 Å². The van der Waals surface area contributed by atoms with Crippen molar-refractivity contribution in [3.8, 4) is 5.75 Å². The second-order valence-corrected chi connectivity index (χ2v) is 13.2. The van der Waals surface area contributed by atoms with E-state index >= 15 is 0 Å². The molecule has 284 valence electrons. The van der Waals surface area contributed by atoms with Gasteiger partial charge >= 0.3 is 5.97 Å². The number of hydrogen-bond acceptors (Lipinski definition) is 10. The SMILES string of the molecule is CC(C)CN(CC(=O)O)C(=O)[C@H](Cc1ccc(O)cc1)NC(=O)[C@@H]1CC=CC[C@H](N)C(=O)N[C@@H](CCCCN)C(=O)N[C@@H](CCCCN)C(=O)N1. The quantitative estimate of drug-likeness (QED) is 0.0724. The van der Waals surface area contributed by atoms with Crippen LogP contribution in [0.4, 0.5) is 0 Å². The fourth-order valence-electron chi connectivity index (χ4n) is 5.56. The molecule has 5 atom stereocenters. The summed E-state index contributed by atoms with van der Waals surface area (Å²) in [5.74, 6) is -4.46. The van der Waals surface area contributed by atoms with Crippen molar-refractivity contribution < 1.29 is 39.0 Å². The molecule has 16 heteroatoms. The summed E-state index contributed by atoms with van der Waals surface area (Å²) in [5.41, 5.74) is 18.0. The molecule has 1 aliphatic rings. The number of nitrogens with two attached hydrogens (primary N) is 3. The van der Waals surface area contributed by atoms with Crippen LogP contribution in [0.2, 0.25) is 0 Å². The van der Waals surface area contributed by atoms with Gasteiger partial charge in [0.25, 0.3) is 0 Å². The van der Waals surface area contributed by atoms with E-state index < -0.39 is 72.3 Å². The second-order valence-electron chi connectivity index (χ2n) is 13.2. The molecule has 2 rings (SSSR count). The van der Waals surface area contributed by atoms with Crippen LogP contribution in [0.5, 0.6) is 5.75 Å². The molecule has 0 unspecified atom stereocenters. The molecule has 1 aliphatic heterocycles. The molecule has 1 heterocycles. The molecule has 0 saturated heterocycles. The molecule has 51 heavy (non-hydrogen) atoms. The van der Waals surface area contributed by atoms with Crippen LogP contribution < -0.4 is 38.5 Å². The van der Waals surface area contributed by atoms with Crippen molar-refractivity contribution >= 4 is 35.5 Å². The monoisotopic (exact) mass is 716 g/mol. The number of aliphatic carboxylic acids is 1. The Morgan fingerprint density at radius 1 is 0.863 bits per heavy atom. The zero-order valence-corrected chi connectivity index (χ0v) is 29.6. The molecule has 1 aromatic rings. The van der Waals surface area contributed by atoms with E-state index in [1.165, 1.54) is 12.1 Å². The van der Waals surface area contributed by atoms with Crippen LogP contribution in [0.1, 0.15) is 70.8 Å². The van der Waals surface area contributed by atoms with Crippen molar-refractivity contribution in [3.05, 3.63) is 42.0 Å². The number of benzene rings is 1. The third-order valence-corrected chi connectivity index (χ3v) is 8.27. The molecular weight excluding hydrogens is 660 g/mol. The van der Waals surface area contributed by atoms with Gasteiger partial charge < -0.3 is 53.6 Å². The minimum atomic E-state index is -1.24. The summed E-state index contributed by atoms with van der Waals surface area (Å²) in [7, 11) is 0. The van der Waals surface area contributed by atoms with Crippen molar-refractivity contribution in [1.29, 1.82) is 0 Å². The average Bonchev–Trinajstić information content (AvgIpc) is 3.07. The number of hydrogen-bond donors (Lipinski definition) is 9. The highest BCUT2D eigenvalue weighted by molar-refractivity contribution is 5.96. The van der Waals surface area contributed by atoms with Crippen molar-refractivity contribution in [2.45, 2.75) is 102 Å². The Morgan fingerprint density at radius 2 is 1.41 bits per heavy atom. The van der Waals surface area contributed by atoms with Gasteiger partial charge in [-0.3, -0.25) is 28.8 Å². The standard InChI is InChI=1S/C35H56N8O8/c1-22(2)20-43(21-30(45)46)35(51)29(19-23-13-15-24(44)16-14-23)42-34(50)27-10-4-3-9-25(38)31(47)39-26(11-5-7-17-36)32(48)41-28(33(49)40-27)12-6-8-18-37/h3-4,13-16,22,25-29,44H,5-12,17-21,36-38H2,1-2H3,(H,39,47)(H,40,49)(H,41,48)(H,42,50)(H,45,46)/t25-,26-,27-,28-,29-/m0/s1. The topological polar surface area (TPSA) is 272 Å². The number of nitrogens with one attached hydrogen (secondary N) is 4. The van der Waals surface area contributed by atoms with E-state index in [2.05, 4.69) is 21.3 Å². The number of unbranched alkanes of at least 4 members (excludes halogenated alkanes) is 2. The van der Waals surface area contributed by atoms with Gasteiger partial charge in [0, 0.05) is 13.0 Å². The van der Waals surface area contributed by atoms with Gasteiger partial charge in [0.15, 0.2) is 0 Å². The Balaban J connectivity index is 2.47. The van der Waals surface area contributed by atoms with Gasteiger partial charge in [0.1, 0.15) is 36.5 Å². The zero-order valence-electron chi connectivity index (χ0n) is 29.6. The molecule has 0 spiro atoms. The van der Waals surface area contributed by atoms with Crippen LogP contribution >= 0.6 is 0 Å². The van der Waals surface area contributed by atoms with Crippen molar-refractivity contribution in [2.24, 2.45) is 23.1 Å². The van der Waals surface area contributed by atoms with Crippen LogP contribution in [0.15, 0.2) is 36.4 Å². The lowest BCUT2D eigenvalue weighted by molar-refractivity contribution is -0.146. The van der Waals surface area contributed by atoms with E-state index in [9.17, 15) is 39.0 Å². The number of carbonyl (C=O) groups is 6. The lowest BCUT2D eigenvalue weighted by Crippen LogP contribution is -2.59. The molecule has 0 aliphatic carbocycles. The number of phenols is 1. The van der Waals surface area contributed by atoms with Gasteiger partial charge in [-0.25, -0.2) is 0 Å². The molecule has 12 N–H and O–H groups in total. The highest BCUT2D eigenvalue weighted by Gasteiger charge is 2.33. The number of phenolic OH excluding ortho intramolecular Hbond substituents is 1. The predicted molar refractivity (Wildman–Crippen MR) is 191 cm³/mol. The molecule has 0 saturated carbocycles. The summed E-state index contributed by atoms with van der Waals surface area (Å²) in [6.07, 6.45) is 5.86. The lowest BCUT2D eigenvalue weighted by atomic mass is 10.0. The smallest absolute Gasteiger partial charge is 0.323 e. The van der Waals surface area contributed by atoms with Crippen LogP contribution in [0.3, 0.4) is 0 Å². The van der Waals surface area contributed by atoms with Gasteiger partial charge in [-0.1, -0.05) is 38.1 Å². The zero-order chi connectivity index (χ0) is 37.9. The summed E-state index contributed by atoms with van der Waals surface area (Å²) in [6, 6.07) is 0.491. The summed E-state index contributed by atoms with van der Waals surface area (Å²) in [4.78, 5) is 80.8. The maximum atomic E-state index is 14.0. The van der Waals surface area contributed by atoms with Gasteiger partial charge in [-0.05, 0) is 88.1 Å². The first-order valence-corrected chi connectivity index (χ1v) is 17.6. The van der Waals surface area contributed by atoms with E-state index in [0.717, 1.165) is 4.90 Å². The average molecular weight is 717 g/mol. The fraction of sp³-hybridized carbons (Fsp3) is 0.600. The van der Waals surface area contributed by atoms with Crippen LogP contribution in [0.25, 0.3) is 0 Å². The third kappa shape index (κ3) is 15.5. The first-order valence-electron chi connectivity index (χ1n) is 17.6. The maximum Gasteiger partial charge on any atom is 0.323 e. The van der Waals surface area contributed by atoms with Crippen LogP contribution in [-0.4, -0.2) is 107 Å². The normalized spacial score (nSPS) is 20.8. The Kier molecular flexibility index (Phi) is 18.7. The van der Waals surface area contributed by atoms with Gasteiger partial charge in [0.2, 0.25) is 29.5 Å². The number of aromatic hydroxyl groups is 1. The van der Waals surface area contributed by atoms with Crippen LogP contribution in [-0.2, 0) is 35.2 Å². The largest absolute Gasteiger partial charge is 0.508 e. The summed E-state index contributed by atoms with van der Waals surface area (Å²) in [5, 5.41) is 30.2. The molecule has 0 fully saturated rings. The van der Waals surface area contributed by atoms with Crippen LogP contribution in [0, 0.1) is 5.92 Å². The Labute approximate surface area is 299 Å². The van der Waals surface area contributed by atoms with Crippen molar-refractivity contribution in [2.75, 3.05) is 26.2 Å². The lowest BCUT2D eigenvalue weighted by Gasteiger charge is -2.30. The van der Waals surface area contributed by atoms with E-state index in [-0.39, 0.29) is 50.3 Å². The van der Waals surface area contributed by atoms with Gasteiger partial charge in [-0.15, -0.1) is 0 Å². The first kappa shape index (κ1) is 42.6. The summed E-state index contributed by atoms with van der Waals surface area (Å²) in [6.45, 7) is 3.94. The van der Waals surface area contributed by atoms with Crippen molar-refractivity contribution in [3.63, 3.8) is 0 Å². The first-order chi connectivity index (χ1) is 24.2. The number of carboxylic acid groups (broad SMARTS) is 1. The second kappa shape index (κ2) is 22.3. The molecule has 0 aromatic heterocycles. The minimum Gasteiger partial charge on any atom is -0.508 e. The highest BCUT2D eigenvalue weighted by atomic mass is 16.4. The minimum absolute atomic E-state index is 0.000568. The summed E-state index contributed by atoms with van der Waals surface area (Å²) < 4.78 is 0. The number of carbonyl (C=O) groups excluding carboxylic acids is 5. The van der Waals surface area contributed by atoms with E-state index in [1.54, 1.807) is 24.3 Å².